The van der Waals surface area contributed by atoms with Gasteiger partial charge >= 0.3 is 0 Å². The lowest BCUT2D eigenvalue weighted by molar-refractivity contribution is 0.146. The van der Waals surface area contributed by atoms with Crippen LogP contribution in [0.1, 0.15) is 5.56 Å². The summed E-state index contributed by atoms with van der Waals surface area (Å²) >= 11 is 0. The Morgan fingerprint density at radius 2 is 1.84 bits per heavy atom. The molecule has 0 unspecified atom stereocenters. The molecule has 6 nitrogen and oxygen atoms in total. The predicted octanol–water partition coefficient (Wildman–Crippen LogP) is -0.0119. The van der Waals surface area contributed by atoms with Crippen molar-refractivity contribution in [3.05, 3.63) is 30.1 Å². The molecule has 0 aliphatic carbocycles. The summed E-state index contributed by atoms with van der Waals surface area (Å²) in [7, 11) is 0. The molecule has 1 aromatic rings. The smallest absolute Gasteiger partial charge is 0.153 e. The molecule has 0 bridgehead atoms. The van der Waals surface area contributed by atoms with Crippen molar-refractivity contribution >= 4 is 5.84 Å². The van der Waals surface area contributed by atoms with Gasteiger partial charge in [-0.3, -0.25) is 9.88 Å². The Morgan fingerprint density at radius 1 is 1.21 bits per heavy atom. The second-order valence-corrected chi connectivity index (χ2v) is 4.81. The van der Waals surface area contributed by atoms with Crippen molar-refractivity contribution in [1.82, 2.24) is 14.8 Å². The summed E-state index contributed by atoms with van der Waals surface area (Å²) in [5.41, 5.74) is 6.84. The Kier molecular flexibility index (Phi) is 5.11. The van der Waals surface area contributed by atoms with Crippen molar-refractivity contribution < 1.29 is 5.21 Å². The molecule has 6 heteroatoms. The van der Waals surface area contributed by atoms with E-state index in [0.717, 1.165) is 39.1 Å². The summed E-state index contributed by atoms with van der Waals surface area (Å²) in [6, 6.07) is 4.13. The Bertz CT molecular complexity index is 401. The molecule has 0 atom stereocenters. The van der Waals surface area contributed by atoms with E-state index in [1.54, 1.807) is 0 Å². The summed E-state index contributed by atoms with van der Waals surface area (Å²) in [6.45, 7) is 5.61. The first-order valence-electron chi connectivity index (χ1n) is 6.58. The van der Waals surface area contributed by atoms with Crippen LogP contribution in [0, 0.1) is 0 Å². The SMILES string of the molecule is N/C(CN1CCN(CCc2ccncc2)CC1)=N\O. The quantitative estimate of drug-likeness (QED) is 0.338. The van der Waals surface area contributed by atoms with Gasteiger partial charge in [-0.15, -0.1) is 0 Å². The monoisotopic (exact) mass is 263 g/mol. The number of nitrogens with two attached hydrogens (primary N) is 1. The van der Waals surface area contributed by atoms with Crippen LogP contribution in [0.5, 0.6) is 0 Å². The van der Waals surface area contributed by atoms with Gasteiger partial charge in [-0.25, -0.2) is 0 Å². The van der Waals surface area contributed by atoms with Gasteiger partial charge in [-0.1, -0.05) is 5.16 Å². The molecule has 0 radical (unpaired) electrons. The highest BCUT2D eigenvalue weighted by Crippen LogP contribution is 2.04. The summed E-state index contributed by atoms with van der Waals surface area (Å²) in [4.78, 5) is 8.68. The molecule has 0 amide bonds. The van der Waals surface area contributed by atoms with Gasteiger partial charge in [0.15, 0.2) is 5.84 Å². The Morgan fingerprint density at radius 3 is 2.47 bits per heavy atom. The van der Waals surface area contributed by atoms with E-state index in [1.807, 2.05) is 12.4 Å². The summed E-state index contributed by atoms with van der Waals surface area (Å²) in [5.74, 6) is 0.283. The number of amidine groups is 1. The lowest BCUT2D eigenvalue weighted by Gasteiger charge is -2.34. The zero-order valence-corrected chi connectivity index (χ0v) is 11.1. The van der Waals surface area contributed by atoms with Gasteiger partial charge in [0, 0.05) is 45.1 Å². The van der Waals surface area contributed by atoms with Crippen molar-refractivity contribution in [2.75, 3.05) is 39.3 Å². The molecule has 0 aromatic carbocycles. The molecule has 1 aliphatic heterocycles. The van der Waals surface area contributed by atoms with E-state index in [2.05, 4.69) is 32.1 Å². The molecule has 2 heterocycles. The fourth-order valence-corrected chi connectivity index (χ4v) is 2.27. The largest absolute Gasteiger partial charge is 0.409 e. The van der Waals surface area contributed by atoms with Gasteiger partial charge in [0.05, 0.1) is 6.54 Å². The highest BCUT2D eigenvalue weighted by Gasteiger charge is 2.17. The lowest BCUT2D eigenvalue weighted by Crippen LogP contribution is -2.49. The minimum Gasteiger partial charge on any atom is -0.409 e. The van der Waals surface area contributed by atoms with Crippen LogP contribution < -0.4 is 5.73 Å². The minimum atomic E-state index is 0.283. The number of oxime groups is 1. The van der Waals surface area contributed by atoms with Gasteiger partial charge < -0.3 is 15.8 Å². The summed E-state index contributed by atoms with van der Waals surface area (Å²) < 4.78 is 0. The van der Waals surface area contributed by atoms with E-state index in [4.69, 9.17) is 10.9 Å². The third-order valence-corrected chi connectivity index (χ3v) is 3.45. The molecular formula is C13H21N5O. The van der Waals surface area contributed by atoms with Crippen LogP contribution >= 0.6 is 0 Å². The Hall–Kier alpha value is -1.66. The van der Waals surface area contributed by atoms with Crippen LogP contribution in [-0.2, 0) is 6.42 Å². The van der Waals surface area contributed by atoms with Gasteiger partial charge in [0.2, 0.25) is 0 Å². The fourth-order valence-electron chi connectivity index (χ4n) is 2.27. The van der Waals surface area contributed by atoms with Gasteiger partial charge in [-0.2, -0.15) is 0 Å². The van der Waals surface area contributed by atoms with Crippen molar-refractivity contribution in [3.63, 3.8) is 0 Å². The number of hydrogen-bond acceptors (Lipinski definition) is 5. The van der Waals surface area contributed by atoms with Crippen LogP contribution in [0.3, 0.4) is 0 Å². The molecule has 3 N–H and O–H groups in total. The average molecular weight is 263 g/mol. The van der Waals surface area contributed by atoms with E-state index >= 15 is 0 Å². The maximum absolute atomic E-state index is 8.55. The number of hydrogen-bond donors (Lipinski definition) is 2. The van der Waals surface area contributed by atoms with E-state index in [-0.39, 0.29) is 5.84 Å². The molecule has 1 aromatic heterocycles. The molecule has 0 saturated carbocycles. The zero-order valence-electron chi connectivity index (χ0n) is 11.1. The first-order chi connectivity index (χ1) is 9.28. The van der Waals surface area contributed by atoms with E-state index in [1.165, 1.54) is 5.56 Å². The Balaban J connectivity index is 1.69. The van der Waals surface area contributed by atoms with Crippen LogP contribution in [-0.4, -0.2) is 65.1 Å². The number of nitrogens with zero attached hydrogens (tertiary/aromatic N) is 4. The molecule has 1 aliphatic rings. The number of rotatable bonds is 5. The third-order valence-electron chi connectivity index (χ3n) is 3.45. The second-order valence-electron chi connectivity index (χ2n) is 4.81. The van der Waals surface area contributed by atoms with Gasteiger partial charge in [-0.05, 0) is 24.1 Å². The summed E-state index contributed by atoms with van der Waals surface area (Å²) in [5, 5.41) is 11.6. The van der Waals surface area contributed by atoms with Crippen LogP contribution in [0.4, 0.5) is 0 Å². The predicted molar refractivity (Wildman–Crippen MR) is 74.2 cm³/mol. The highest BCUT2D eigenvalue weighted by molar-refractivity contribution is 5.81. The van der Waals surface area contributed by atoms with Crippen LogP contribution in [0.15, 0.2) is 29.7 Å². The highest BCUT2D eigenvalue weighted by atomic mass is 16.4. The molecule has 2 rings (SSSR count). The third kappa shape index (κ3) is 4.50. The van der Waals surface area contributed by atoms with Crippen LogP contribution in [0.25, 0.3) is 0 Å². The van der Waals surface area contributed by atoms with Crippen molar-refractivity contribution in [2.45, 2.75) is 6.42 Å². The second kappa shape index (κ2) is 7.06. The van der Waals surface area contributed by atoms with Gasteiger partial charge in [0.25, 0.3) is 0 Å². The number of aromatic nitrogens is 1. The minimum absolute atomic E-state index is 0.283. The number of pyridine rings is 1. The van der Waals surface area contributed by atoms with Crippen molar-refractivity contribution in [3.8, 4) is 0 Å². The normalized spacial score (nSPS) is 18.6. The van der Waals surface area contributed by atoms with E-state index < -0.39 is 0 Å². The first-order valence-corrected chi connectivity index (χ1v) is 6.58. The Labute approximate surface area is 113 Å². The fraction of sp³-hybridized carbons (Fsp3) is 0.538. The zero-order chi connectivity index (χ0) is 13.5. The molecule has 0 spiro atoms. The standard InChI is InChI=1S/C13H21N5O/c14-13(16-19)11-18-9-7-17(8-10-18)6-3-12-1-4-15-5-2-12/h1-2,4-5,19H,3,6-11H2,(H2,14,16). The maximum atomic E-state index is 8.55. The van der Waals surface area contributed by atoms with Crippen LogP contribution in [0.2, 0.25) is 0 Å². The van der Waals surface area contributed by atoms with E-state index in [9.17, 15) is 0 Å². The lowest BCUT2D eigenvalue weighted by atomic mass is 10.2. The van der Waals surface area contributed by atoms with Crippen molar-refractivity contribution in [1.29, 1.82) is 0 Å². The average Bonchev–Trinajstić information content (AvgIpc) is 2.47. The number of piperazine rings is 1. The van der Waals surface area contributed by atoms with Crippen molar-refractivity contribution in [2.24, 2.45) is 10.9 Å². The molecular weight excluding hydrogens is 242 g/mol. The maximum Gasteiger partial charge on any atom is 0.153 e. The first kappa shape index (κ1) is 13.8. The topological polar surface area (TPSA) is 78.0 Å². The molecule has 1 saturated heterocycles. The summed E-state index contributed by atoms with van der Waals surface area (Å²) in [6.07, 6.45) is 4.73. The molecule has 104 valence electrons. The molecule has 19 heavy (non-hydrogen) atoms. The van der Waals surface area contributed by atoms with E-state index in [0.29, 0.717) is 6.54 Å². The van der Waals surface area contributed by atoms with Gasteiger partial charge in [0.1, 0.15) is 0 Å². The molecule has 1 fully saturated rings.